The van der Waals surface area contributed by atoms with E-state index in [1.165, 1.54) is 11.8 Å². The highest BCUT2D eigenvalue weighted by Gasteiger charge is 2.05. The van der Waals surface area contributed by atoms with Crippen LogP contribution in [-0.2, 0) is 4.79 Å². The second kappa shape index (κ2) is 7.79. The van der Waals surface area contributed by atoms with Crippen molar-refractivity contribution in [1.29, 1.82) is 0 Å². The van der Waals surface area contributed by atoms with Gasteiger partial charge in [0, 0.05) is 17.9 Å². The molecule has 0 radical (unpaired) electrons. The molecule has 1 aromatic heterocycles. The van der Waals surface area contributed by atoms with Gasteiger partial charge in [0.1, 0.15) is 0 Å². The van der Waals surface area contributed by atoms with E-state index in [-0.39, 0.29) is 11.5 Å². The lowest BCUT2D eigenvalue weighted by atomic mass is 10.2. The predicted octanol–water partition coefficient (Wildman–Crippen LogP) is 3.43. The van der Waals surface area contributed by atoms with Crippen LogP contribution in [0, 0.1) is 0 Å². The SMILES string of the molecule is O=C(CCCSc1nc2ccccc2c(=O)[nH]1)Nc1ccccc1. The number of nitrogens with one attached hydrogen (secondary N) is 2. The van der Waals surface area contributed by atoms with Crippen LogP contribution in [0.4, 0.5) is 5.69 Å². The van der Waals surface area contributed by atoms with Gasteiger partial charge in [-0.1, -0.05) is 42.1 Å². The quantitative estimate of drug-likeness (QED) is 0.410. The lowest BCUT2D eigenvalue weighted by molar-refractivity contribution is -0.116. The van der Waals surface area contributed by atoms with Gasteiger partial charge >= 0.3 is 0 Å². The number of carbonyl (C=O) groups is 1. The molecule has 0 aliphatic carbocycles. The van der Waals surface area contributed by atoms with Gasteiger partial charge in [0.15, 0.2) is 5.16 Å². The first kappa shape index (κ1) is 16.3. The van der Waals surface area contributed by atoms with Gasteiger partial charge in [0.05, 0.1) is 10.9 Å². The minimum Gasteiger partial charge on any atom is -0.326 e. The number of amides is 1. The summed E-state index contributed by atoms with van der Waals surface area (Å²) in [5.74, 6) is 0.700. The van der Waals surface area contributed by atoms with Gasteiger partial charge in [-0.05, 0) is 30.7 Å². The average molecular weight is 339 g/mol. The highest BCUT2D eigenvalue weighted by atomic mass is 32.2. The molecule has 0 fully saturated rings. The van der Waals surface area contributed by atoms with Crippen LogP contribution in [0.15, 0.2) is 64.5 Å². The number of H-pyrrole nitrogens is 1. The van der Waals surface area contributed by atoms with Crippen LogP contribution in [0.25, 0.3) is 10.9 Å². The molecule has 3 rings (SSSR count). The number of para-hydroxylation sites is 2. The van der Waals surface area contributed by atoms with Crippen molar-refractivity contribution >= 4 is 34.3 Å². The fourth-order valence-corrected chi connectivity index (χ4v) is 3.09. The molecule has 1 heterocycles. The van der Waals surface area contributed by atoms with Crippen molar-refractivity contribution in [2.45, 2.75) is 18.0 Å². The van der Waals surface area contributed by atoms with Crippen LogP contribution < -0.4 is 10.9 Å². The lowest BCUT2D eigenvalue weighted by Gasteiger charge is -2.05. The third-order valence-electron chi connectivity index (χ3n) is 3.44. The highest BCUT2D eigenvalue weighted by molar-refractivity contribution is 7.99. The summed E-state index contributed by atoms with van der Waals surface area (Å²) in [6, 6.07) is 16.6. The van der Waals surface area contributed by atoms with Crippen LogP contribution in [0.2, 0.25) is 0 Å². The molecule has 0 unspecified atom stereocenters. The largest absolute Gasteiger partial charge is 0.326 e. The van der Waals surface area contributed by atoms with Crippen molar-refractivity contribution in [2.24, 2.45) is 0 Å². The summed E-state index contributed by atoms with van der Waals surface area (Å²) in [5.41, 5.74) is 1.35. The Kier molecular flexibility index (Phi) is 5.28. The van der Waals surface area contributed by atoms with E-state index >= 15 is 0 Å². The smallest absolute Gasteiger partial charge is 0.259 e. The molecule has 0 saturated heterocycles. The molecule has 5 nitrogen and oxygen atoms in total. The highest BCUT2D eigenvalue weighted by Crippen LogP contribution is 2.16. The minimum atomic E-state index is -0.134. The van der Waals surface area contributed by atoms with Crippen LogP contribution in [-0.4, -0.2) is 21.6 Å². The van der Waals surface area contributed by atoms with Gasteiger partial charge in [0.2, 0.25) is 5.91 Å². The van der Waals surface area contributed by atoms with Crippen molar-refractivity contribution in [3.63, 3.8) is 0 Å². The fraction of sp³-hybridized carbons (Fsp3) is 0.167. The maximum Gasteiger partial charge on any atom is 0.259 e. The number of carbonyl (C=O) groups excluding carboxylic acids is 1. The number of hydrogen-bond donors (Lipinski definition) is 2. The van der Waals surface area contributed by atoms with Crippen molar-refractivity contribution in [1.82, 2.24) is 9.97 Å². The normalized spacial score (nSPS) is 10.7. The molecule has 0 aliphatic heterocycles. The first-order valence-electron chi connectivity index (χ1n) is 7.69. The Balaban J connectivity index is 1.50. The third kappa shape index (κ3) is 4.23. The van der Waals surface area contributed by atoms with E-state index in [0.717, 1.165) is 5.69 Å². The van der Waals surface area contributed by atoms with Gasteiger partial charge in [-0.15, -0.1) is 0 Å². The zero-order valence-electron chi connectivity index (χ0n) is 13.0. The second-order valence-electron chi connectivity index (χ2n) is 5.25. The molecule has 0 bridgehead atoms. The average Bonchev–Trinajstić information content (AvgIpc) is 2.60. The molecule has 6 heteroatoms. The van der Waals surface area contributed by atoms with Gasteiger partial charge in [0.25, 0.3) is 5.56 Å². The number of nitrogens with zero attached hydrogens (tertiary/aromatic N) is 1. The van der Waals surface area contributed by atoms with Crippen molar-refractivity contribution in [2.75, 3.05) is 11.1 Å². The monoisotopic (exact) mass is 339 g/mol. The van der Waals surface area contributed by atoms with Gasteiger partial charge in [-0.25, -0.2) is 4.98 Å². The zero-order chi connectivity index (χ0) is 16.8. The zero-order valence-corrected chi connectivity index (χ0v) is 13.8. The number of thioether (sulfide) groups is 1. The van der Waals surface area contributed by atoms with E-state index in [9.17, 15) is 9.59 Å². The molecule has 0 spiro atoms. The Hall–Kier alpha value is -2.60. The summed E-state index contributed by atoms with van der Waals surface area (Å²) in [5, 5.41) is 4.02. The predicted molar refractivity (Wildman–Crippen MR) is 97.4 cm³/mol. The second-order valence-corrected chi connectivity index (χ2v) is 6.34. The van der Waals surface area contributed by atoms with E-state index in [0.29, 0.717) is 34.7 Å². The van der Waals surface area contributed by atoms with Crippen LogP contribution >= 0.6 is 11.8 Å². The molecular weight excluding hydrogens is 322 g/mol. The lowest BCUT2D eigenvalue weighted by Crippen LogP contribution is -2.11. The Morgan fingerprint density at radius 1 is 1.08 bits per heavy atom. The third-order valence-corrected chi connectivity index (χ3v) is 4.40. The van der Waals surface area contributed by atoms with Crippen LogP contribution in [0.3, 0.4) is 0 Å². The van der Waals surface area contributed by atoms with E-state index in [1.807, 2.05) is 48.5 Å². The molecule has 122 valence electrons. The molecule has 2 aromatic carbocycles. The standard InChI is InChI=1S/C18H17N3O2S/c22-16(19-13-7-2-1-3-8-13)11-6-12-24-18-20-15-10-5-4-9-14(15)17(23)21-18/h1-5,7-10H,6,11-12H2,(H,19,22)(H,20,21,23). The van der Waals surface area contributed by atoms with Crippen molar-refractivity contribution in [3.8, 4) is 0 Å². The Morgan fingerprint density at radius 2 is 1.83 bits per heavy atom. The summed E-state index contributed by atoms with van der Waals surface area (Å²) in [4.78, 5) is 31.0. The Bertz CT molecular complexity index is 893. The van der Waals surface area contributed by atoms with E-state index in [2.05, 4.69) is 15.3 Å². The summed E-state index contributed by atoms with van der Waals surface area (Å²) in [6.07, 6.45) is 1.14. The molecular formula is C18H17N3O2S. The summed E-state index contributed by atoms with van der Waals surface area (Å²) >= 11 is 1.45. The van der Waals surface area contributed by atoms with Gasteiger partial charge < -0.3 is 10.3 Å². The van der Waals surface area contributed by atoms with E-state index < -0.39 is 0 Å². The van der Waals surface area contributed by atoms with Crippen molar-refractivity contribution < 1.29 is 4.79 Å². The molecule has 2 N–H and O–H groups in total. The Morgan fingerprint density at radius 3 is 2.67 bits per heavy atom. The number of hydrogen-bond acceptors (Lipinski definition) is 4. The summed E-state index contributed by atoms with van der Waals surface area (Å²) in [7, 11) is 0. The number of fused-ring (bicyclic) bond motifs is 1. The first-order valence-corrected chi connectivity index (χ1v) is 8.68. The number of anilines is 1. The maximum atomic E-state index is 12.0. The molecule has 0 saturated carbocycles. The van der Waals surface area contributed by atoms with E-state index in [1.54, 1.807) is 6.07 Å². The number of benzene rings is 2. The molecule has 3 aromatic rings. The van der Waals surface area contributed by atoms with Gasteiger partial charge in [-0.3, -0.25) is 9.59 Å². The van der Waals surface area contributed by atoms with Crippen LogP contribution in [0.5, 0.6) is 0 Å². The van der Waals surface area contributed by atoms with E-state index in [4.69, 9.17) is 0 Å². The minimum absolute atomic E-state index is 0.0123. The summed E-state index contributed by atoms with van der Waals surface area (Å²) < 4.78 is 0. The number of rotatable bonds is 6. The fourth-order valence-electron chi connectivity index (χ4n) is 2.28. The number of aromatic amines is 1. The molecule has 0 atom stereocenters. The molecule has 24 heavy (non-hydrogen) atoms. The summed E-state index contributed by atoms with van der Waals surface area (Å²) in [6.45, 7) is 0. The van der Waals surface area contributed by atoms with Crippen molar-refractivity contribution in [3.05, 3.63) is 65.0 Å². The topological polar surface area (TPSA) is 74.8 Å². The molecule has 1 amide bonds. The Labute approximate surface area is 143 Å². The van der Waals surface area contributed by atoms with Crippen LogP contribution in [0.1, 0.15) is 12.8 Å². The maximum absolute atomic E-state index is 12.0. The molecule has 0 aliphatic rings. The first-order chi connectivity index (χ1) is 11.7. The number of aromatic nitrogens is 2. The van der Waals surface area contributed by atoms with Gasteiger partial charge in [-0.2, -0.15) is 0 Å².